The summed E-state index contributed by atoms with van der Waals surface area (Å²) >= 11 is 0. The molecule has 1 aromatic rings. The number of ketones is 1. The standard InChI is InChI=1S/C18H22O2S/c1-11(2)17(19)16-13-6-7-14(10-13)18(16)21(20)15-8-4-12(3)5-9-15/h4-9,11,13-14,16,18H,10H2,1-3H3/t13-,14+,16-,18+,21-/m0/s1. The fourth-order valence-electron chi connectivity index (χ4n) is 3.66. The first-order valence-electron chi connectivity index (χ1n) is 7.68. The van der Waals surface area contributed by atoms with E-state index in [2.05, 4.69) is 12.2 Å². The zero-order chi connectivity index (χ0) is 15.1. The molecule has 1 fully saturated rings. The van der Waals surface area contributed by atoms with E-state index in [0.717, 1.165) is 11.3 Å². The fourth-order valence-corrected chi connectivity index (χ4v) is 5.50. The maximum absolute atomic E-state index is 13.0. The average molecular weight is 302 g/mol. The average Bonchev–Trinajstić information content (AvgIpc) is 3.07. The molecule has 0 heterocycles. The molecular formula is C18H22O2S. The van der Waals surface area contributed by atoms with Gasteiger partial charge in [-0.25, -0.2) is 0 Å². The second kappa shape index (κ2) is 5.53. The Kier molecular flexibility index (Phi) is 3.87. The normalized spacial score (nSPS) is 31.8. The number of aryl methyl sites for hydroxylation is 1. The number of carbonyl (C=O) groups is 1. The molecule has 0 unspecified atom stereocenters. The van der Waals surface area contributed by atoms with Gasteiger partial charge in [0.2, 0.25) is 0 Å². The Morgan fingerprint density at radius 1 is 1.14 bits per heavy atom. The monoisotopic (exact) mass is 302 g/mol. The summed E-state index contributed by atoms with van der Waals surface area (Å²) in [5.41, 5.74) is 1.17. The minimum absolute atomic E-state index is 0.0141. The van der Waals surface area contributed by atoms with E-state index in [4.69, 9.17) is 0 Å². The van der Waals surface area contributed by atoms with Gasteiger partial charge in [-0.15, -0.1) is 0 Å². The minimum Gasteiger partial charge on any atom is -0.299 e. The van der Waals surface area contributed by atoms with Crippen LogP contribution in [0.1, 0.15) is 25.8 Å². The van der Waals surface area contributed by atoms with Crippen molar-refractivity contribution in [2.24, 2.45) is 23.7 Å². The second-order valence-electron chi connectivity index (χ2n) is 6.61. The van der Waals surface area contributed by atoms with Crippen LogP contribution in [-0.2, 0) is 15.6 Å². The Morgan fingerprint density at radius 3 is 2.38 bits per heavy atom. The van der Waals surface area contributed by atoms with Crippen LogP contribution in [0.5, 0.6) is 0 Å². The predicted octanol–water partition coefficient (Wildman–Crippen LogP) is 3.52. The Hall–Kier alpha value is -1.22. The zero-order valence-corrected chi connectivity index (χ0v) is 13.6. The van der Waals surface area contributed by atoms with Gasteiger partial charge in [0, 0.05) is 16.7 Å². The van der Waals surface area contributed by atoms with E-state index < -0.39 is 10.8 Å². The van der Waals surface area contributed by atoms with Crippen molar-refractivity contribution in [1.82, 2.24) is 0 Å². The third kappa shape index (κ3) is 2.52. The smallest absolute Gasteiger partial charge is 0.140 e. The quantitative estimate of drug-likeness (QED) is 0.798. The van der Waals surface area contributed by atoms with Crippen LogP contribution in [0.3, 0.4) is 0 Å². The lowest BCUT2D eigenvalue weighted by molar-refractivity contribution is -0.126. The molecular weight excluding hydrogens is 280 g/mol. The summed E-state index contributed by atoms with van der Waals surface area (Å²) in [7, 11) is -1.11. The zero-order valence-electron chi connectivity index (χ0n) is 12.8. The summed E-state index contributed by atoms with van der Waals surface area (Å²) in [6.45, 7) is 5.92. The van der Waals surface area contributed by atoms with E-state index in [0.29, 0.717) is 11.8 Å². The largest absolute Gasteiger partial charge is 0.299 e. The van der Waals surface area contributed by atoms with E-state index in [9.17, 15) is 9.00 Å². The van der Waals surface area contributed by atoms with Gasteiger partial charge in [-0.2, -0.15) is 0 Å². The van der Waals surface area contributed by atoms with Crippen molar-refractivity contribution in [3.8, 4) is 0 Å². The molecule has 0 saturated heterocycles. The number of hydrogen-bond donors (Lipinski definition) is 0. The first-order valence-corrected chi connectivity index (χ1v) is 8.89. The summed E-state index contributed by atoms with van der Waals surface area (Å²) in [6.07, 6.45) is 5.33. The molecule has 0 N–H and O–H groups in total. The van der Waals surface area contributed by atoms with Crippen LogP contribution in [0.4, 0.5) is 0 Å². The van der Waals surface area contributed by atoms with Gasteiger partial charge in [0.1, 0.15) is 5.78 Å². The van der Waals surface area contributed by atoms with Crippen LogP contribution in [0, 0.1) is 30.6 Å². The van der Waals surface area contributed by atoms with Gasteiger partial charge in [-0.05, 0) is 37.3 Å². The van der Waals surface area contributed by atoms with E-state index in [1.807, 2.05) is 45.0 Å². The number of Topliss-reactive ketones (excluding diaryl/α,β-unsaturated/α-hetero) is 1. The van der Waals surface area contributed by atoms with Gasteiger partial charge in [0.05, 0.1) is 16.0 Å². The number of rotatable bonds is 4. The van der Waals surface area contributed by atoms with Crippen LogP contribution in [0.2, 0.25) is 0 Å². The highest BCUT2D eigenvalue weighted by atomic mass is 32.2. The summed E-state index contributed by atoms with van der Waals surface area (Å²) in [5, 5.41) is -0.0439. The summed E-state index contributed by atoms with van der Waals surface area (Å²) in [4.78, 5) is 13.4. The van der Waals surface area contributed by atoms with Crippen molar-refractivity contribution >= 4 is 16.6 Å². The molecule has 0 amide bonds. The molecule has 3 heteroatoms. The Labute approximate surface area is 129 Å². The van der Waals surface area contributed by atoms with Gasteiger partial charge in [0.25, 0.3) is 0 Å². The van der Waals surface area contributed by atoms with Crippen molar-refractivity contribution in [1.29, 1.82) is 0 Å². The lowest BCUT2D eigenvalue weighted by Gasteiger charge is -2.27. The van der Waals surface area contributed by atoms with Gasteiger partial charge >= 0.3 is 0 Å². The third-order valence-electron chi connectivity index (χ3n) is 4.79. The molecule has 2 aliphatic carbocycles. The molecule has 0 aliphatic heterocycles. The van der Waals surface area contributed by atoms with E-state index in [1.165, 1.54) is 5.56 Å². The molecule has 0 aromatic heterocycles. The Bertz CT molecular complexity index is 600. The van der Waals surface area contributed by atoms with Crippen molar-refractivity contribution in [3.63, 3.8) is 0 Å². The Morgan fingerprint density at radius 2 is 1.76 bits per heavy atom. The van der Waals surface area contributed by atoms with E-state index >= 15 is 0 Å². The lowest BCUT2D eigenvalue weighted by atomic mass is 9.84. The van der Waals surface area contributed by atoms with Crippen LogP contribution in [0.25, 0.3) is 0 Å². The molecule has 0 radical (unpaired) electrons. The van der Waals surface area contributed by atoms with E-state index in [-0.39, 0.29) is 22.9 Å². The van der Waals surface area contributed by atoms with Gasteiger partial charge < -0.3 is 0 Å². The van der Waals surface area contributed by atoms with Gasteiger partial charge in [-0.3, -0.25) is 9.00 Å². The highest BCUT2D eigenvalue weighted by molar-refractivity contribution is 7.85. The number of hydrogen-bond acceptors (Lipinski definition) is 2. The fraction of sp³-hybridized carbons (Fsp3) is 0.500. The topological polar surface area (TPSA) is 34.1 Å². The molecule has 112 valence electrons. The first kappa shape index (κ1) is 14.7. The first-order chi connectivity index (χ1) is 9.99. The van der Waals surface area contributed by atoms with Crippen molar-refractivity contribution in [2.75, 3.05) is 0 Å². The predicted molar refractivity (Wildman–Crippen MR) is 85.4 cm³/mol. The molecule has 2 aliphatic rings. The number of allylic oxidation sites excluding steroid dienone is 2. The van der Waals surface area contributed by atoms with Crippen LogP contribution in [0.15, 0.2) is 41.3 Å². The van der Waals surface area contributed by atoms with Crippen LogP contribution < -0.4 is 0 Å². The lowest BCUT2D eigenvalue weighted by Crippen LogP contribution is -2.37. The summed E-state index contributed by atoms with van der Waals surface area (Å²) < 4.78 is 13.0. The molecule has 0 spiro atoms. The molecule has 2 bridgehead atoms. The molecule has 21 heavy (non-hydrogen) atoms. The van der Waals surface area contributed by atoms with Crippen molar-refractivity contribution in [3.05, 3.63) is 42.0 Å². The SMILES string of the molecule is Cc1ccc([S@](=O)[C@H]2[C@H](C(=O)C(C)C)[C@H]3C=C[C@@H]2C3)cc1. The van der Waals surface area contributed by atoms with Crippen molar-refractivity contribution in [2.45, 2.75) is 37.3 Å². The highest BCUT2D eigenvalue weighted by Gasteiger charge is 2.51. The van der Waals surface area contributed by atoms with Crippen LogP contribution >= 0.6 is 0 Å². The number of carbonyl (C=O) groups excluding carboxylic acids is 1. The summed E-state index contributed by atoms with van der Waals surface area (Å²) in [5.74, 6) is 0.814. The number of fused-ring (bicyclic) bond motifs is 2. The molecule has 3 rings (SSSR count). The number of benzene rings is 1. The summed E-state index contributed by atoms with van der Waals surface area (Å²) in [6, 6.07) is 7.88. The van der Waals surface area contributed by atoms with Gasteiger partial charge in [0.15, 0.2) is 0 Å². The highest BCUT2D eigenvalue weighted by Crippen LogP contribution is 2.48. The minimum atomic E-state index is -1.11. The molecule has 5 atom stereocenters. The molecule has 2 nitrogen and oxygen atoms in total. The van der Waals surface area contributed by atoms with Gasteiger partial charge in [-0.1, -0.05) is 43.7 Å². The maximum atomic E-state index is 13.0. The molecule has 1 aromatic carbocycles. The van der Waals surface area contributed by atoms with Crippen molar-refractivity contribution < 1.29 is 9.00 Å². The Balaban J connectivity index is 1.92. The third-order valence-corrected chi connectivity index (χ3v) is 6.66. The maximum Gasteiger partial charge on any atom is 0.140 e. The van der Waals surface area contributed by atoms with Crippen LogP contribution in [-0.4, -0.2) is 15.2 Å². The van der Waals surface area contributed by atoms with E-state index in [1.54, 1.807) is 0 Å². The molecule has 1 saturated carbocycles. The second-order valence-corrected chi connectivity index (χ2v) is 8.22.